The predicted molar refractivity (Wildman–Crippen MR) is 113 cm³/mol. The molecule has 13 heteroatoms. The van der Waals surface area contributed by atoms with Crippen LogP contribution in [0.1, 0.15) is 42.5 Å². The Balaban J connectivity index is 1.87. The molecule has 0 unspecified atom stereocenters. The average molecular weight is 463 g/mol. The lowest BCUT2D eigenvalue weighted by molar-refractivity contribution is -0.118. The number of benzene rings is 1. The molecule has 3 rings (SSSR count). The lowest BCUT2D eigenvalue weighted by atomic mass is 9.85. The fourth-order valence-electron chi connectivity index (χ4n) is 3.38. The van der Waals surface area contributed by atoms with Crippen molar-refractivity contribution in [1.82, 2.24) is 19.3 Å². The number of aliphatic hydroxyl groups is 1. The molecule has 0 aliphatic heterocycles. The van der Waals surface area contributed by atoms with E-state index in [0.29, 0.717) is 17.4 Å². The maximum atomic E-state index is 12.5. The van der Waals surface area contributed by atoms with Crippen LogP contribution in [0.3, 0.4) is 0 Å². The molecule has 1 aliphatic rings. The van der Waals surface area contributed by atoms with Crippen LogP contribution in [0.15, 0.2) is 44.2 Å². The number of rotatable bonds is 6. The standard InChI is InChI=1S/C19H20ClN7O5/c20-14-5-4-12(27-18(31)26(10-15(21)28)16(29)9-23-27)8-13(14)17(30)24-25-22-11-19(32)6-2-1-3-7-19/h4-5,8-9,32H,1-3,6-7,10-11H2,(H-,21,28)/p+1. The van der Waals surface area contributed by atoms with Crippen molar-refractivity contribution >= 4 is 23.4 Å². The predicted octanol–water partition coefficient (Wildman–Crippen LogP) is 0.340. The Morgan fingerprint density at radius 1 is 1.25 bits per heavy atom. The van der Waals surface area contributed by atoms with Gasteiger partial charge in [-0.2, -0.15) is 9.78 Å². The Kier molecular flexibility index (Phi) is 7.08. The minimum atomic E-state index is -0.932. The van der Waals surface area contributed by atoms with Crippen molar-refractivity contribution in [2.45, 2.75) is 44.2 Å². The Hall–Kier alpha value is -3.47. The van der Waals surface area contributed by atoms with Gasteiger partial charge >= 0.3 is 11.6 Å². The van der Waals surface area contributed by atoms with E-state index < -0.39 is 35.2 Å². The van der Waals surface area contributed by atoms with Crippen LogP contribution in [-0.2, 0) is 11.3 Å². The van der Waals surface area contributed by atoms with Crippen LogP contribution in [0.25, 0.3) is 5.69 Å². The van der Waals surface area contributed by atoms with Gasteiger partial charge in [-0.15, -0.1) is 0 Å². The lowest BCUT2D eigenvalue weighted by Gasteiger charge is -2.28. The van der Waals surface area contributed by atoms with Crippen LogP contribution >= 0.6 is 11.6 Å². The maximum absolute atomic E-state index is 12.5. The van der Waals surface area contributed by atoms with E-state index in [2.05, 4.69) is 20.2 Å². The summed E-state index contributed by atoms with van der Waals surface area (Å²) in [5.74, 6) is -1.70. The van der Waals surface area contributed by atoms with E-state index >= 15 is 0 Å². The van der Waals surface area contributed by atoms with Gasteiger partial charge in [-0.05, 0) is 31.0 Å². The molecule has 0 bridgehead atoms. The summed E-state index contributed by atoms with van der Waals surface area (Å²) < 4.78 is 1.43. The van der Waals surface area contributed by atoms with Crippen molar-refractivity contribution < 1.29 is 14.7 Å². The molecule has 1 aromatic carbocycles. The molecular formula is C19H21ClN7O5+. The molecule has 0 atom stereocenters. The molecule has 1 saturated carbocycles. The minimum Gasteiger partial charge on any atom is -0.388 e. The Bertz CT molecular complexity index is 1220. The normalized spacial score (nSPS) is 14.9. The van der Waals surface area contributed by atoms with Gasteiger partial charge in [0.25, 0.3) is 5.56 Å². The number of hydrogen-bond donors (Lipinski definition) is 2. The van der Waals surface area contributed by atoms with Crippen molar-refractivity contribution in [2.24, 2.45) is 16.0 Å². The highest BCUT2D eigenvalue weighted by molar-refractivity contribution is 6.33. The summed E-state index contributed by atoms with van der Waals surface area (Å²) in [4.78, 5) is 51.4. The smallest absolute Gasteiger partial charge is 0.362 e. The third-order valence-corrected chi connectivity index (χ3v) is 5.38. The second kappa shape index (κ2) is 9.77. The number of hydrogen-bond acceptors (Lipinski definition) is 7. The number of primary amides is 1. The molecule has 168 valence electrons. The number of nitrogens with zero attached hydrogens (tertiary/aromatic N) is 6. The molecule has 3 N–H and O–H groups in total. The third-order valence-electron chi connectivity index (χ3n) is 5.05. The Labute approximate surface area is 186 Å². The third kappa shape index (κ3) is 5.41. The van der Waals surface area contributed by atoms with Crippen molar-refractivity contribution in [3.05, 3.63) is 55.8 Å². The van der Waals surface area contributed by atoms with E-state index in [4.69, 9.17) is 17.3 Å². The summed E-state index contributed by atoms with van der Waals surface area (Å²) in [6.07, 6.45) is 4.96. The molecule has 0 saturated heterocycles. The van der Waals surface area contributed by atoms with Gasteiger partial charge in [0.2, 0.25) is 15.9 Å². The number of halogens is 1. The van der Waals surface area contributed by atoms with Crippen molar-refractivity contribution in [2.75, 3.05) is 6.54 Å². The summed E-state index contributed by atoms with van der Waals surface area (Å²) in [5, 5.41) is 21.5. The molecule has 0 spiro atoms. The summed E-state index contributed by atoms with van der Waals surface area (Å²) in [7, 11) is 0. The van der Waals surface area contributed by atoms with Gasteiger partial charge in [0, 0.05) is 0 Å². The fraction of sp³-hybridized carbons (Fsp3) is 0.421. The molecule has 2 aromatic rings. The molecule has 0 radical (unpaired) electrons. The van der Waals surface area contributed by atoms with Crippen molar-refractivity contribution in [3.63, 3.8) is 0 Å². The van der Waals surface area contributed by atoms with Crippen molar-refractivity contribution in [1.29, 1.82) is 0 Å². The first-order valence-corrected chi connectivity index (χ1v) is 10.2. The first-order valence-electron chi connectivity index (χ1n) is 9.82. The van der Waals surface area contributed by atoms with E-state index in [9.17, 15) is 24.3 Å². The average Bonchev–Trinajstić information content (AvgIpc) is 2.75. The second-order valence-corrected chi connectivity index (χ2v) is 7.88. The number of nitrogens with two attached hydrogens (primary N) is 1. The monoisotopic (exact) mass is 462 g/mol. The van der Waals surface area contributed by atoms with E-state index in [1.807, 2.05) is 0 Å². The topological polar surface area (TPSA) is 176 Å². The molecular weight excluding hydrogens is 442 g/mol. The van der Waals surface area contributed by atoms with Gasteiger partial charge in [0.15, 0.2) is 6.54 Å². The number of carbonyl (C=O) groups is 2. The van der Waals surface area contributed by atoms with Crippen LogP contribution < -0.4 is 21.9 Å². The summed E-state index contributed by atoms with van der Waals surface area (Å²) in [6.45, 7) is -0.583. The van der Waals surface area contributed by atoms with Gasteiger partial charge in [0.05, 0.1) is 21.9 Å². The van der Waals surface area contributed by atoms with Crippen LogP contribution in [0.2, 0.25) is 5.02 Å². The highest BCUT2D eigenvalue weighted by Gasteiger charge is 2.30. The summed E-state index contributed by atoms with van der Waals surface area (Å²) in [5.41, 5.74) is 2.44. The zero-order valence-corrected chi connectivity index (χ0v) is 17.7. The molecule has 32 heavy (non-hydrogen) atoms. The molecule has 1 aromatic heterocycles. The first kappa shape index (κ1) is 23.2. The zero-order chi connectivity index (χ0) is 23.3. The quantitative estimate of drug-likeness (QED) is 0.461. The minimum absolute atomic E-state index is 0.0400. The van der Waals surface area contributed by atoms with Crippen molar-refractivity contribution in [3.8, 4) is 5.69 Å². The molecule has 2 amide bonds. The highest BCUT2D eigenvalue weighted by atomic mass is 35.5. The summed E-state index contributed by atoms with van der Waals surface area (Å²) in [6, 6.07) is 3.98. The van der Waals surface area contributed by atoms with E-state index in [0.717, 1.165) is 30.1 Å². The van der Waals surface area contributed by atoms with Crippen LogP contribution in [-0.4, -0.2) is 43.4 Å². The van der Waals surface area contributed by atoms with E-state index in [-0.39, 0.29) is 22.8 Å². The lowest BCUT2D eigenvalue weighted by Crippen LogP contribution is -2.43. The Morgan fingerprint density at radius 2 is 1.97 bits per heavy atom. The SMILES string of the molecule is NC(=O)Cn1c(=O)cnn(-c2ccc(Cl)c(C(=O)N=[N+]=NCC3(O)CCCCC3)c2)c1=O. The largest absolute Gasteiger partial charge is 0.388 e. The van der Waals surface area contributed by atoms with E-state index in [1.165, 1.54) is 18.2 Å². The first-order chi connectivity index (χ1) is 15.2. The number of amides is 2. The number of carbonyl (C=O) groups excluding carboxylic acids is 2. The summed E-state index contributed by atoms with van der Waals surface area (Å²) >= 11 is 6.08. The van der Waals surface area contributed by atoms with Gasteiger partial charge in [0.1, 0.15) is 17.9 Å². The van der Waals surface area contributed by atoms with Crippen LogP contribution in [0.5, 0.6) is 0 Å². The van der Waals surface area contributed by atoms with Gasteiger partial charge < -0.3 is 10.8 Å². The van der Waals surface area contributed by atoms with Gasteiger partial charge in [-0.3, -0.25) is 14.4 Å². The molecule has 12 nitrogen and oxygen atoms in total. The van der Waals surface area contributed by atoms with Gasteiger partial charge in [-0.25, -0.2) is 9.36 Å². The fourth-order valence-corrected chi connectivity index (χ4v) is 3.58. The zero-order valence-electron chi connectivity index (χ0n) is 17.0. The van der Waals surface area contributed by atoms with Crippen LogP contribution in [0.4, 0.5) is 0 Å². The molecule has 1 fully saturated rings. The second-order valence-electron chi connectivity index (χ2n) is 7.47. The van der Waals surface area contributed by atoms with Gasteiger partial charge in [-0.1, -0.05) is 30.9 Å². The van der Waals surface area contributed by atoms with Crippen LogP contribution in [0, 0.1) is 0 Å². The molecule has 1 heterocycles. The number of aromatic nitrogens is 3. The molecule has 1 aliphatic carbocycles. The van der Waals surface area contributed by atoms with E-state index in [1.54, 1.807) is 0 Å². The Morgan fingerprint density at radius 3 is 2.66 bits per heavy atom. The highest BCUT2D eigenvalue weighted by Crippen LogP contribution is 2.28. The maximum Gasteiger partial charge on any atom is 0.362 e.